The Kier molecular flexibility index (Phi) is 9.39. The van der Waals surface area contributed by atoms with Gasteiger partial charge in [-0.05, 0) is 61.2 Å². The monoisotopic (exact) mass is 502 g/mol. The minimum absolute atomic E-state index is 0.209. The first-order valence-electron chi connectivity index (χ1n) is 10.1. The van der Waals surface area contributed by atoms with Crippen molar-refractivity contribution >= 4 is 45.6 Å². The van der Waals surface area contributed by atoms with E-state index < -0.39 is 11.8 Å². The maximum atomic E-state index is 12.3. The quantitative estimate of drug-likeness (QED) is 0.292. The normalized spacial score (nSPS) is 10.8. The lowest BCUT2D eigenvalue weighted by atomic mass is 10.1. The summed E-state index contributed by atoms with van der Waals surface area (Å²) in [5.74, 6) is -1.32. The van der Waals surface area contributed by atoms with Crippen LogP contribution >= 0.6 is 15.9 Å². The molecule has 0 saturated carbocycles. The summed E-state index contributed by atoms with van der Waals surface area (Å²) in [6.07, 6.45) is 1.34. The smallest absolute Gasteiger partial charge is 0.329 e. The third-order valence-corrected chi connectivity index (χ3v) is 4.58. The van der Waals surface area contributed by atoms with E-state index in [1.807, 2.05) is 45.9 Å². The van der Waals surface area contributed by atoms with Crippen LogP contribution in [0.4, 0.5) is 5.69 Å². The Morgan fingerprint density at radius 2 is 1.75 bits per heavy atom. The zero-order valence-electron chi connectivity index (χ0n) is 18.5. The Morgan fingerprint density at radius 1 is 1.06 bits per heavy atom. The SMILES string of the molecule is Cc1cc(C)cc(NC(=O)COc2ccc(Br)cc2/C=N\NC(=O)C(=O)NCC(C)C)c1. The van der Waals surface area contributed by atoms with Crippen LogP contribution in [0.3, 0.4) is 0 Å². The molecule has 0 fully saturated rings. The van der Waals surface area contributed by atoms with Crippen LogP contribution in [0, 0.1) is 19.8 Å². The molecule has 0 aliphatic heterocycles. The Bertz CT molecular complexity index is 1000. The lowest BCUT2D eigenvalue weighted by Crippen LogP contribution is -2.39. The molecule has 0 spiro atoms. The lowest BCUT2D eigenvalue weighted by Gasteiger charge is -2.11. The van der Waals surface area contributed by atoms with Gasteiger partial charge in [-0.3, -0.25) is 14.4 Å². The van der Waals surface area contributed by atoms with Gasteiger partial charge in [0.2, 0.25) is 0 Å². The summed E-state index contributed by atoms with van der Waals surface area (Å²) in [4.78, 5) is 35.8. The van der Waals surface area contributed by atoms with Crippen LogP contribution in [-0.4, -0.2) is 37.1 Å². The molecule has 0 bridgehead atoms. The van der Waals surface area contributed by atoms with Gasteiger partial charge in [0.15, 0.2) is 6.61 Å². The van der Waals surface area contributed by atoms with Gasteiger partial charge < -0.3 is 15.4 Å². The molecule has 2 aromatic rings. The molecule has 0 atom stereocenters. The average Bonchev–Trinajstić information content (AvgIpc) is 2.70. The van der Waals surface area contributed by atoms with Gasteiger partial charge in [0, 0.05) is 22.3 Å². The number of carbonyl (C=O) groups is 3. The van der Waals surface area contributed by atoms with Gasteiger partial charge >= 0.3 is 11.8 Å². The molecule has 2 rings (SSSR count). The molecule has 0 radical (unpaired) electrons. The molecule has 0 aliphatic rings. The van der Waals surface area contributed by atoms with Crippen molar-refractivity contribution in [2.24, 2.45) is 11.0 Å². The van der Waals surface area contributed by atoms with E-state index in [-0.39, 0.29) is 18.4 Å². The maximum absolute atomic E-state index is 12.3. The predicted molar refractivity (Wildman–Crippen MR) is 128 cm³/mol. The second-order valence-electron chi connectivity index (χ2n) is 7.70. The first-order chi connectivity index (χ1) is 15.1. The van der Waals surface area contributed by atoms with Crippen molar-refractivity contribution < 1.29 is 19.1 Å². The summed E-state index contributed by atoms with van der Waals surface area (Å²) in [5, 5.41) is 9.13. The van der Waals surface area contributed by atoms with Crippen LogP contribution in [-0.2, 0) is 14.4 Å². The van der Waals surface area contributed by atoms with Crippen LogP contribution < -0.4 is 20.8 Å². The highest BCUT2D eigenvalue weighted by molar-refractivity contribution is 9.10. The molecule has 0 heterocycles. The fourth-order valence-corrected chi connectivity index (χ4v) is 3.11. The number of hydrogen-bond acceptors (Lipinski definition) is 5. The van der Waals surface area contributed by atoms with E-state index in [9.17, 15) is 14.4 Å². The molecule has 9 heteroatoms. The molecular weight excluding hydrogens is 476 g/mol. The molecule has 0 aromatic heterocycles. The third kappa shape index (κ3) is 8.50. The van der Waals surface area contributed by atoms with Gasteiger partial charge in [0.05, 0.1) is 6.21 Å². The molecule has 3 N–H and O–H groups in total. The summed E-state index contributed by atoms with van der Waals surface area (Å²) in [6.45, 7) is 7.95. The highest BCUT2D eigenvalue weighted by Gasteiger charge is 2.13. The van der Waals surface area contributed by atoms with Crippen molar-refractivity contribution in [2.75, 3.05) is 18.5 Å². The lowest BCUT2D eigenvalue weighted by molar-refractivity contribution is -0.139. The second-order valence-corrected chi connectivity index (χ2v) is 8.61. The Morgan fingerprint density at radius 3 is 2.41 bits per heavy atom. The maximum Gasteiger partial charge on any atom is 0.329 e. The number of amides is 3. The number of aryl methyl sites for hydroxylation is 2. The van der Waals surface area contributed by atoms with E-state index in [0.29, 0.717) is 23.5 Å². The number of anilines is 1. The molecule has 32 heavy (non-hydrogen) atoms. The largest absolute Gasteiger partial charge is 0.483 e. The fraction of sp³-hybridized carbons (Fsp3) is 0.304. The number of carbonyl (C=O) groups excluding carboxylic acids is 3. The van der Waals surface area contributed by atoms with Crippen molar-refractivity contribution in [1.29, 1.82) is 0 Å². The Balaban J connectivity index is 1.97. The molecular formula is C23H27BrN4O4. The molecule has 2 aromatic carbocycles. The zero-order chi connectivity index (χ0) is 23.7. The minimum atomic E-state index is -0.868. The molecule has 3 amide bonds. The Labute approximate surface area is 195 Å². The predicted octanol–water partition coefficient (Wildman–Crippen LogP) is 3.31. The number of benzene rings is 2. The van der Waals surface area contributed by atoms with Crippen molar-refractivity contribution in [3.8, 4) is 5.75 Å². The Hall–Kier alpha value is -3.20. The number of nitrogens with one attached hydrogen (secondary N) is 3. The van der Waals surface area contributed by atoms with Gasteiger partial charge in [0.1, 0.15) is 5.75 Å². The van der Waals surface area contributed by atoms with Gasteiger partial charge in [-0.15, -0.1) is 0 Å². The number of rotatable bonds is 8. The third-order valence-electron chi connectivity index (χ3n) is 4.08. The van der Waals surface area contributed by atoms with Crippen molar-refractivity contribution in [2.45, 2.75) is 27.7 Å². The van der Waals surface area contributed by atoms with Crippen LogP contribution in [0.5, 0.6) is 5.75 Å². The highest BCUT2D eigenvalue weighted by Crippen LogP contribution is 2.22. The first-order valence-corrected chi connectivity index (χ1v) is 10.8. The van der Waals surface area contributed by atoms with Gasteiger partial charge in [-0.2, -0.15) is 5.10 Å². The van der Waals surface area contributed by atoms with E-state index in [0.717, 1.165) is 15.6 Å². The summed E-state index contributed by atoms with van der Waals surface area (Å²) in [6, 6.07) is 10.9. The fourth-order valence-electron chi connectivity index (χ4n) is 2.73. The van der Waals surface area contributed by atoms with Crippen molar-refractivity contribution in [3.05, 3.63) is 57.6 Å². The van der Waals surface area contributed by atoms with Crippen molar-refractivity contribution in [3.63, 3.8) is 0 Å². The minimum Gasteiger partial charge on any atom is -0.483 e. The van der Waals surface area contributed by atoms with E-state index in [2.05, 4.69) is 37.1 Å². The molecule has 170 valence electrons. The molecule has 8 nitrogen and oxygen atoms in total. The summed E-state index contributed by atoms with van der Waals surface area (Å²) < 4.78 is 6.40. The summed E-state index contributed by atoms with van der Waals surface area (Å²) in [7, 11) is 0. The number of halogens is 1. The van der Waals surface area contributed by atoms with Gasteiger partial charge in [0.25, 0.3) is 5.91 Å². The van der Waals surface area contributed by atoms with Crippen LogP contribution in [0.25, 0.3) is 0 Å². The topological polar surface area (TPSA) is 109 Å². The van der Waals surface area contributed by atoms with Crippen molar-refractivity contribution in [1.82, 2.24) is 10.7 Å². The highest BCUT2D eigenvalue weighted by atomic mass is 79.9. The number of nitrogens with zero attached hydrogens (tertiary/aromatic N) is 1. The van der Waals surface area contributed by atoms with E-state index in [4.69, 9.17) is 4.74 Å². The van der Waals surface area contributed by atoms with Gasteiger partial charge in [-0.1, -0.05) is 35.8 Å². The first kappa shape index (κ1) is 25.1. The number of hydrazone groups is 1. The second kappa shape index (κ2) is 12.0. The standard InChI is InChI=1S/C23H27BrN4O4/c1-14(2)11-25-22(30)23(31)28-26-12-17-10-18(24)5-6-20(17)32-13-21(29)27-19-8-15(3)7-16(4)9-19/h5-10,12,14H,11,13H2,1-4H3,(H,25,30)(H,27,29)(H,28,31)/b26-12-. The van der Waals surface area contributed by atoms with Crippen LogP contribution in [0.2, 0.25) is 0 Å². The summed E-state index contributed by atoms with van der Waals surface area (Å²) >= 11 is 3.36. The van der Waals surface area contributed by atoms with Crippen LogP contribution in [0.1, 0.15) is 30.5 Å². The average molecular weight is 503 g/mol. The number of hydrogen-bond donors (Lipinski definition) is 3. The molecule has 0 saturated heterocycles. The van der Waals surface area contributed by atoms with E-state index in [1.54, 1.807) is 18.2 Å². The summed E-state index contributed by atoms with van der Waals surface area (Å²) in [5.41, 5.74) is 5.49. The van der Waals surface area contributed by atoms with E-state index in [1.165, 1.54) is 6.21 Å². The molecule has 0 unspecified atom stereocenters. The van der Waals surface area contributed by atoms with E-state index >= 15 is 0 Å². The number of ether oxygens (including phenoxy) is 1. The molecule has 0 aliphatic carbocycles. The van der Waals surface area contributed by atoms with Crippen LogP contribution in [0.15, 0.2) is 46.0 Å². The zero-order valence-corrected chi connectivity index (χ0v) is 20.1. The van der Waals surface area contributed by atoms with Gasteiger partial charge in [-0.25, -0.2) is 5.43 Å².